The number of hydrogen-bond donors (Lipinski definition) is 1. The van der Waals surface area contributed by atoms with Crippen LogP contribution in [0.15, 0.2) is 18.2 Å². The maximum absolute atomic E-state index is 12.2. The molecule has 1 aromatic rings. The highest BCUT2D eigenvalue weighted by Crippen LogP contribution is 2.29. The molecule has 1 aromatic carbocycles. The Kier molecular flexibility index (Phi) is 4.80. The smallest absolute Gasteiger partial charge is 0.231 e. The average Bonchev–Trinajstić information content (AvgIpc) is 2.31. The fourth-order valence-corrected chi connectivity index (χ4v) is 1.81. The zero-order valence-corrected chi connectivity index (χ0v) is 12.6. The lowest BCUT2D eigenvalue weighted by Gasteiger charge is -2.23. The predicted molar refractivity (Wildman–Crippen MR) is 78.4 cm³/mol. The van der Waals surface area contributed by atoms with Gasteiger partial charge in [0, 0.05) is 11.6 Å². The van der Waals surface area contributed by atoms with Gasteiger partial charge >= 0.3 is 0 Å². The molecule has 0 unspecified atom stereocenters. The molecule has 0 aromatic heterocycles. The number of para-hydroxylation sites is 1. The van der Waals surface area contributed by atoms with E-state index in [1.807, 2.05) is 32.9 Å². The summed E-state index contributed by atoms with van der Waals surface area (Å²) in [7, 11) is 0. The van der Waals surface area contributed by atoms with Gasteiger partial charge < -0.3 is 5.32 Å². The molecule has 0 aliphatic heterocycles. The third-order valence-corrected chi connectivity index (χ3v) is 3.78. The van der Waals surface area contributed by atoms with E-state index in [4.69, 9.17) is 11.6 Å². The van der Waals surface area contributed by atoms with Crippen molar-refractivity contribution in [2.24, 2.45) is 5.41 Å². The number of carbonyl (C=O) groups is 1. The van der Waals surface area contributed by atoms with Crippen molar-refractivity contribution in [3.05, 3.63) is 29.3 Å². The molecule has 0 saturated carbocycles. The molecule has 0 atom stereocenters. The van der Waals surface area contributed by atoms with Crippen LogP contribution in [0.1, 0.15) is 44.7 Å². The minimum absolute atomic E-state index is 0.0336. The maximum atomic E-state index is 12.2. The van der Waals surface area contributed by atoms with E-state index in [0.29, 0.717) is 11.8 Å². The number of hydrogen-bond acceptors (Lipinski definition) is 1. The Labute approximate surface area is 115 Å². The van der Waals surface area contributed by atoms with Crippen LogP contribution in [0.5, 0.6) is 0 Å². The van der Waals surface area contributed by atoms with Gasteiger partial charge in [-0.15, -0.1) is 11.6 Å². The number of anilines is 1. The summed E-state index contributed by atoms with van der Waals surface area (Å²) in [4.78, 5) is 12.2. The average molecular weight is 268 g/mol. The Morgan fingerprint density at radius 2 is 2.00 bits per heavy atom. The fraction of sp³-hybridized carbons (Fsp3) is 0.533. The number of nitrogens with one attached hydrogen (secondary N) is 1. The molecular formula is C15H22ClNO. The summed E-state index contributed by atoms with van der Waals surface area (Å²) in [5, 5.41) is 3.03. The summed E-state index contributed by atoms with van der Waals surface area (Å²) in [6.45, 7) is 9.95. The molecular weight excluding hydrogens is 246 g/mol. The molecule has 0 aliphatic rings. The monoisotopic (exact) mass is 267 g/mol. The number of aryl methyl sites for hydroxylation is 1. The third-order valence-electron chi connectivity index (χ3n) is 3.11. The van der Waals surface area contributed by atoms with Gasteiger partial charge in [0.25, 0.3) is 0 Å². The molecule has 18 heavy (non-hydrogen) atoms. The molecule has 0 radical (unpaired) electrons. The van der Waals surface area contributed by atoms with Crippen LogP contribution in [0, 0.1) is 12.3 Å². The largest absolute Gasteiger partial charge is 0.325 e. The summed E-state index contributed by atoms with van der Waals surface area (Å²) in [5.74, 6) is 0.648. The number of halogens is 1. The van der Waals surface area contributed by atoms with Crippen molar-refractivity contribution in [2.75, 3.05) is 11.2 Å². The quantitative estimate of drug-likeness (QED) is 0.809. The molecule has 0 heterocycles. The summed E-state index contributed by atoms with van der Waals surface area (Å²) in [5.41, 5.74) is 2.61. The Balaban J connectivity index is 3.08. The second-order valence-electron chi connectivity index (χ2n) is 5.67. The summed E-state index contributed by atoms with van der Waals surface area (Å²) in [6.07, 6.45) is 0. The molecule has 1 rings (SSSR count). The van der Waals surface area contributed by atoms with Gasteiger partial charge in [-0.25, -0.2) is 0 Å². The molecule has 0 bridgehead atoms. The van der Waals surface area contributed by atoms with Crippen molar-refractivity contribution in [1.82, 2.24) is 0 Å². The van der Waals surface area contributed by atoms with E-state index in [1.165, 1.54) is 0 Å². The molecule has 1 N–H and O–H groups in total. The van der Waals surface area contributed by atoms with E-state index in [0.717, 1.165) is 16.8 Å². The normalized spacial score (nSPS) is 11.7. The molecule has 0 fully saturated rings. The molecule has 2 nitrogen and oxygen atoms in total. The van der Waals surface area contributed by atoms with Crippen molar-refractivity contribution in [3.63, 3.8) is 0 Å². The van der Waals surface area contributed by atoms with Gasteiger partial charge in [0.15, 0.2) is 0 Å². The Hall–Kier alpha value is -1.02. The van der Waals surface area contributed by atoms with Gasteiger partial charge in [0.05, 0.1) is 5.41 Å². The third kappa shape index (κ3) is 3.26. The highest BCUT2D eigenvalue weighted by atomic mass is 35.5. The minimum atomic E-state index is -0.557. The lowest BCUT2D eigenvalue weighted by molar-refractivity contribution is -0.122. The van der Waals surface area contributed by atoms with Crippen LogP contribution >= 0.6 is 11.6 Å². The summed E-state index contributed by atoms with van der Waals surface area (Å²) < 4.78 is 0. The van der Waals surface area contributed by atoms with Crippen LogP contribution in [-0.4, -0.2) is 11.8 Å². The van der Waals surface area contributed by atoms with Crippen LogP contribution in [0.25, 0.3) is 0 Å². The molecule has 0 saturated heterocycles. The number of carbonyl (C=O) groups excluding carboxylic acids is 1. The van der Waals surface area contributed by atoms with Crippen LogP contribution in [0.4, 0.5) is 5.69 Å². The molecule has 3 heteroatoms. The van der Waals surface area contributed by atoms with Crippen molar-refractivity contribution >= 4 is 23.2 Å². The van der Waals surface area contributed by atoms with E-state index < -0.39 is 5.41 Å². The van der Waals surface area contributed by atoms with Crippen molar-refractivity contribution < 1.29 is 4.79 Å². The Morgan fingerprint density at radius 3 is 2.50 bits per heavy atom. The number of amides is 1. The van der Waals surface area contributed by atoms with E-state index >= 15 is 0 Å². The summed E-state index contributed by atoms with van der Waals surface area (Å²) in [6, 6.07) is 6.09. The number of alkyl halides is 1. The highest BCUT2D eigenvalue weighted by Gasteiger charge is 2.27. The van der Waals surface area contributed by atoms with Crippen LogP contribution in [-0.2, 0) is 4.79 Å². The number of rotatable bonds is 4. The molecule has 1 amide bonds. The predicted octanol–water partition coefficient (Wildman–Crippen LogP) is 4.32. The first kappa shape index (κ1) is 15.0. The van der Waals surface area contributed by atoms with Crippen molar-refractivity contribution in [2.45, 2.75) is 40.5 Å². The van der Waals surface area contributed by atoms with Crippen LogP contribution in [0.3, 0.4) is 0 Å². The second kappa shape index (κ2) is 5.75. The Morgan fingerprint density at radius 1 is 1.39 bits per heavy atom. The number of benzene rings is 1. The van der Waals surface area contributed by atoms with Gasteiger partial charge in [0.2, 0.25) is 5.91 Å². The van der Waals surface area contributed by atoms with Crippen molar-refractivity contribution in [3.8, 4) is 0 Å². The van der Waals surface area contributed by atoms with E-state index in [1.54, 1.807) is 0 Å². The van der Waals surface area contributed by atoms with Gasteiger partial charge in [-0.05, 0) is 37.8 Å². The molecule has 0 aliphatic carbocycles. The van der Waals surface area contributed by atoms with E-state index in [2.05, 4.69) is 25.2 Å². The second-order valence-corrected chi connectivity index (χ2v) is 5.93. The van der Waals surface area contributed by atoms with E-state index in [9.17, 15) is 4.79 Å². The van der Waals surface area contributed by atoms with Gasteiger partial charge in [0.1, 0.15) is 0 Å². The highest BCUT2D eigenvalue weighted by molar-refractivity contribution is 6.20. The summed E-state index contributed by atoms with van der Waals surface area (Å²) >= 11 is 5.84. The first-order chi connectivity index (χ1) is 8.29. The first-order valence-electron chi connectivity index (χ1n) is 6.26. The Bertz CT molecular complexity index is 438. The molecule has 0 spiro atoms. The first-order valence-corrected chi connectivity index (χ1v) is 6.80. The van der Waals surface area contributed by atoms with E-state index in [-0.39, 0.29) is 5.91 Å². The van der Waals surface area contributed by atoms with Crippen LogP contribution < -0.4 is 5.32 Å². The molecule has 100 valence electrons. The standard InChI is InChI=1S/C15H22ClNO/c1-10(2)12-8-6-7-11(3)13(12)17-14(18)15(4,5)9-16/h6-8,10H,9H2,1-5H3,(H,17,18). The fourth-order valence-electron chi connectivity index (χ4n) is 1.69. The van der Waals surface area contributed by atoms with Gasteiger partial charge in [-0.2, -0.15) is 0 Å². The SMILES string of the molecule is Cc1cccc(C(C)C)c1NC(=O)C(C)(C)CCl. The van der Waals surface area contributed by atoms with Gasteiger partial charge in [-0.1, -0.05) is 32.0 Å². The van der Waals surface area contributed by atoms with Crippen LogP contribution in [0.2, 0.25) is 0 Å². The minimum Gasteiger partial charge on any atom is -0.325 e. The topological polar surface area (TPSA) is 29.1 Å². The van der Waals surface area contributed by atoms with Gasteiger partial charge in [-0.3, -0.25) is 4.79 Å². The lowest BCUT2D eigenvalue weighted by atomic mass is 9.93. The lowest BCUT2D eigenvalue weighted by Crippen LogP contribution is -2.32. The maximum Gasteiger partial charge on any atom is 0.231 e. The zero-order valence-electron chi connectivity index (χ0n) is 11.8. The van der Waals surface area contributed by atoms with Crippen molar-refractivity contribution in [1.29, 1.82) is 0 Å². The zero-order chi connectivity index (χ0) is 13.9.